The summed E-state index contributed by atoms with van der Waals surface area (Å²) < 4.78 is 11.0. The second-order valence-electron chi connectivity index (χ2n) is 9.00. The molecule has 0 amide bonds. The molecule has 0 atom stereocenters. The van der Waals surface area contributed by atoms with Crippen LogP contribution in [0.15, 0.2) is 77.4 Å². The van der Waals surface area contributed by atoms with Crippen LogP contribution in [0, 0.1) is 20.2 Å². The molecule has 182 valence electrons. The molecule has 0 saturated carbocycles. The zero-order valence-electron chi connectivity index (χ0n) is 19.6. The van der Waals surface area contributed by atoms with Crippen molar-refractivity contribution in [2.75, 3.05) is 0 Å². The Hall–Kier alpha value is -4.86. The summed E-state index contributed by atoms with van der Waals surface area (Å²) in [4.78, 5) is 37.5. The number of nitro groups is 2. The van der Waals surface area contributed by atoms with E-state index in [9.17, 15) is 25.0 Å². The van der Waals surface area contributed by atoms with Gasteiger partial charge < -0.3 is 9.47 Å². The van der Waals surface area contributed by atoms with Gasteiger partial charge in [-0.3, -0.25) is 20.2 Å². The minimum absolute atomic E-state index is 0.0141. The van der Waals surface area contributed by atoms with E-state index < -0.39 is 27.2 Å². The number of hydrogen-bond acceptors (Lipinski definition) is 8. The van der Waals surface area contributed by atoms with Crippen molar-refractivity contribution in [1.29, 1.82) is 0 Å². The number of carbonyl (C=O) groups is 1. The van der Waals surface area contributed by atoms with E-state index in [-0.39, 0.29) is 28.5 Å². The molecule has 1 aliphatic heterocycles. The van der Waals surface area contributed by atoms with Gasteiger partial charge in [-0.2, -0.15) is 0 Å². The maximum atomic E-state index is 12.4. The van der Waals surface area contributed by atoms with Crippen molar-refractivity contribution in [3.05, 3.63) is 109 Å². The number of nitrogens with zero attached hydrogens (tertiary/aromatic N) is 3. The largest absolute Gasteiger partial charge is 0.450 e. The average molecular weight is 487 g/mol. The van der Waals surface area contributed by atoms with Crippen molar-refractivity contribution in [3.8, 4) is 11.5 Å². The predicted molar refractivity (Wildman–Crippen MR) is 132 cm³/mol. The van der Waals surface area contributed by atoms with Crippen LogP contribution in [0.1, 0.15) is 37.5 Å². The minimum Gasteiger partial charge on any atom is -0.450 e. The number of hydrogen-bond donors (Lipinski definition) is 0. The molecule has 10 nitrogen and oxygen atoms in total. The van der Waals surface area contributed by atoms with Crippen LogP contribution in [0.3, 0.4) is 0 Å². The first-order chi connectivity index (χ1) is 17.0. The van der Waals surface area contributed by atoms with Crippen LogP contribution in [0.2, 0.25) is 0 Å². The first-order valence-corrected chi connectivity index (χ1v) is 10.9. The smallest absolute Gasteiger partial charge is 0.363 e. The first kappa shape index (κ1) is 24.3. The summed E-state index contributed by atoms with van der Waals surface area (Å²) in [6.07, 6.45) is 1.51. The molecule has 0 bridgehead atoms. The van der Waals surface area contributed by atoms with E-state index in [2.05, 4.69) is 25.8 Å². The van der Waals surface area contributed by atoms with E-state index >= 15 is 0 Å². The highest BCUT2D eigenvalue weighted by atomic mass is 16.6. The maximum absolute atomic E-state index is 12.4. The summed E-state index contributed by atoms with van der Waals surface area (Å²) in [6.45, 7) is 6.31. The highest BCUT2D eigenvalue weighted by Crippen LogP contribution is 2.35. The molecular formula is C26H21N3O7. The summed E-state index contributed by atoms with van der Waals surface area (Å²) in [5.41, 5.74) is 1.45. The van der Waals surface area contributed by atoms with Gasteiger partial charge in [-0.25, -0.2) is 9.79 Å². The molecule has 0 fully saturated rings. The third-order valence-electron chi connectivity index (χ3n) is 5.36. The number of ether oxygens (including phenoxy) is 2. The number of rotatable bonds is 6. The number of cyclic esters (lactones) is 1. The highest BCUT2D eigenvalue weighted by molar-refractivity contribution is 6.12. The van der Waals surface area contributed by atoms with Crippen LogP contribution in [0.4, 0.5) is 11.4 Å². The van der Waals surface area contributed by atoms with Gasteiger partial charge in [0, 0.05) is 11.6 Å². The molecule has 36 heavy (non-hydrogen) atoms. The van der Waals surface area contributed by atoms with E-state index in [0.29, 0.717) is 11.1 Å². The molecule has 0 aliphatic carbocycles. The van der Waals surface area contributed by atoms with Crippen LogP contribution in [0.5, 0.6) is 11.5 Å². The van der Waals surface area contributed by atoms with Crippen molar-refractivity contribution in [2.45, 2.75) is 26.2 Å². The lowest BCUT2D eigenvalue weighted by molar-refractivity contribution is -0.394. The number of non-ortho nitro benzene ring substituents is 1. The normalized spacial score (nSPS) is 14.4. The van der Waals surface area contributed by atoms with Crippen molar-refractivity contribution in [1.82, 2.24) is 0 Å². The van der Waals surface area contributed by atoms with Crippen molar-refractivity contribution in [3.63, 3.8) is 0 Å². The average Bonchev–Trinajstić information content (AvgIpc) is 3.19. The molecular weight excluding hydrogens is 466 g/mol. The molecule has 1 aliphatic rings. The molecule has 3 aromatic carbocycles. The Morgan fingerprint density at radius 2 is 1.67 bits per heavy atom. The topological polar surface area (TPSA) is 134 Å². The Morgan fingerprint density at radius 3 is 2.31 bits per heavy atom. The lowest BCUT2D eigenvalue weighted by Gasteiger charge is -2.18. The molecule has 10 heteroatoms. The Kier molecular flexibility index (Phi) is 6.35. The van der Waals surface area contributed by atoms with Crippen molar-refractivity contribution < 1.29 is 24.1 Å². The summed E-state index contributed by atoms with van der Waals surface area (Å²) >= 11 is 0. The highest BCUT2D eigenvalue weighted by Gasteiger charge is 2.25. The summed E-state index contributed by atoms with van der Waals surface area (Å²) in [5, 5.41) is 22.3. The lowest BCUT2D eigenvalue weighted by atomic mass is 9.87. The van der Waals surface area contributed by atoms with Gasteiger partial charge in [0.05, 0.1) is 15.9 Å². The SMILES string of the molecule is CC(C)(C)c1ccc(C2=N/C(=C/c3cccc(Oc4ccc([N+](=O)[O-])cc4[N+](=O)[O-])c3)C(=O)O2)cc1. The van der Waals surface area contributed by atoms with Gasteiger partial charge in [-0.15, -0.1) is 0 Å². The van der Waals surface area contributed by atoms with E-state index in [1.54, 1.807) is 24.3 Å². The van der Waals surface area contributed by atoms with Crippen molar-refractivity contribution in [2.24, 2.45) is 4.99 Å². The van der Waals surface area contributed by atoms with Gasteiger partial charge >= 0.3 is 11.7 Å². The molecule has 4 rings (SSSR count). The predicted octanol–water partition coefficient (Wildman–Crippen LogP) is 5.94. The summed E-state index contributed by atoms with van der Waals surface area (Å²) in [5.74, 6) is -0.341. The molecule has 0 aromatic heterocycles. The Labute approximate surface area is 205 Å². The van der Waals surface area contributed by atoms with Gasteiger partial charge in [0.25, 0.3) is 5.69 Å². The Morgan fingerprint density at radius 1 is 0.944 bits per heavy atom. The molecule has 0 N–H and O–H groups in total. The Balaban J connectivity index is 1.58. The van der Waals surface area contributed by atoms with Crippen LogP contribution >= 0.6 is 0 Å². The summed E-state index contributed by atoms with van der Waals surface area (Å²) in [6, 6.07) is 17.2. The van der Waals surface area contributed by atoms with Gasteiger partial charge in [0.2, 0.25) is 11.6 Å². The Bertz CT molecular complexity index is 1430. The van der Waals surface area contributed by atoms with Gasteiger partial charge in [0.1, 0.15) is 5.75 Å². The fourth-order valence-electron chi connectivity index (χ4n) is 3.45. The molecule has 0 radical (unpaired) electrons. The van der Waals surface area contributed by atoms with Crippen LogP contribution in [-0.2, 0) is 14.9 Å². The zero-order chi connectivity index (χ0) is 26.0. The molecule has 0 unspecified atom stereocenters. The van der Waals surface area contributed by atoms with Gasteiger partial charge in [-0.05, 0) is 52.9 Å². The zero-order valence-corrected chi connectivity index (χ0v) is 19.6. The second-order valence-corrected chi connectivity index (χ2v) is 9.00. The standard InChI is InChI=1S/C26H21N3O7/c1-26(2,3)18-9-7-17(8-10-18)24-27-21(25(30)36-24)14-16-5-4-6-20(13-16)35-23-12-11-19(28(31)32)15-22(23)29(33)34/h4-15H,1-3H3/b21-14+. The molecule has 0 spiro atoms. The summed E-state index contributed by atoms with van der Waals surface area (Å²) in [7, 11) is 0. The molecule has 1 heterocycles. The van der Waals surface area contributed by atoms with E-state index in [0.717, 1.165) is 23.8 Å². The lowest BCUT2D eigenvalue weighted by Crippen LogP contribution is -2.11. The number of esters is 1. The third kappa shape index (κ3) is 5.27. The second kappa shape index (κ2) is 9.41. The number of benzene rings is 3. The minimum atomic E-state index is -0.757. The van der Waals surface area contributed by atoms with Gasteiger partial charge in [-0.1, -0.05) is 45.0 Å². The first-order valence-electron chi connectivity index (χ1n) is 10.9. The maximum Gasteiger partial charge on any atom is 0.363 e. The van der Waals surface area contributed by atoms with E-state index in [4.69, 9.17) is 9.47 Å². The van der Waals surface area contributed by atoms with Crippen LogP contribution in [0.25, 0.3) is 6.08 Å². The quantitative estimate of drug-likeness (QED) is 0.182. The van der Waals surface area contributed by atoms with Crippen molar-refractivity contribution >= 4 is 29.3 Å². The number of carbonyl (C=O) groups excluding carboxylic acids is 1. The van der Waals surface area contributed by atoms with Crippen LogP contribution < -0.4 is 4.74 Å². The fourth-order valence-corrected chi connectivity index (χ4v) is 3.45. The van der Waals surface area contributed by atoms with Crippen LogP contribution in [-0.4, -0.2) is 21.7 Å². The third-order valence-corrected chi connectivity index (χ3v) is 5.36. The monoisotopic (exact) mass is 487 g/mol. The number of aliphatic imine (C=N–C) groups is 1. The van der Waals surface area contributed by atoms with Gasteiger partial charge in [0.15, 0.2) is 5.70 Å². The molecule has 3 aromatic rings. The van der Waals surface area contributed by atoms with E-state index in [1.165, 1.54) is 6.08 Å². The fraction of sp³-hybridized carbons (Fsp3) is 0.154. The van der Waals surface area contributed by atoms with E-state index in [1.807, 2.05) is 24.3 Å². The number of nitro benzene ring substituents is 2. The molecule has 0 saturated heterocycles.